The Bertz CT molecular complexity index is 185. The van der Waals surface area contributed by atoms with Gasteiger partial charge in [-0.1, -0.05) is 38.5 Å². The van der Waals surface area contributed by atoms with E-state index in [1.165, 1.54) is 0 Å². The van der Waals surface area contributed by atoms with Gasteiger partial charge in [0, 0.05) is 32.3 Å². The molecule has 0 unspecified atom stereocenters. The van der Waals surface area contributed by atoms with E-state index >= 15 is 0 Å². The number of carboxylic acid groups (broad SMARTS) is 2. The number of rotatable bonds is 11. The quantitative estimate of drug-likeness (QED) is 0.454. The summed E-state index contributed by atoms with van der Waals surface area (Å²) >= 11 is 0. The molecule has 0 aliphatic rings. The van der Waals surface area contributed by atoms with Crippen molar-refractivity contribution in [2.24, 2.45) is 0 Å². The Kier molecular flexibility index (Phi) is 15.2. The SMILES string of the molecule is O=C(O)CCCCCCCCCCC(=O)O.[Zn]. The largest absolute Gasteiger partial charge is 0.481 e. The molecule has 5 heteroatoms. The van der Waals surface area contributed by atoms with Crippen molar-refractivity contribution in [3.8, 4) is 0 Å². The van der Waals surface area contributed by atoms with E-state index in [-0.39, 0.29) is 32.3 Å². The summed E-state index contributed by atoms with van der Waals surface area (Å²) in [5.74, 6) is -1.43. The third-order valence-electron chi connectivity index (χ3n) is 2.53. The maximum atomic E-state index is 10.2. The predicted octanol–water partition coefficient (Wildman–Crippen LogP) is 3.05. The van der Waals surface area contributed by atoms with Crippen LogP contribution >= 0.6 is 0 Å². The van der Waals surface area contributed by atoms with Crippen LogP contribution in [0.2, 0.25) is 0 Å². The van der Waals surface area contributed by atoms with E-state index in [0.29, 0.717) is 0 Å². The smallest absolute Gasteiger partial charge is 0.303 e. The first-order valence-electron chi connectivity index (χ1n) is 6.06. The summed E-state index contributed by atoms with van der Waals surface area (Å²) in [6.45, 7) is 0. The van der Waals surface area contributed by atoms with E-state index in [0.717, 1.165) is 51.4 Å². The van der Waals surface area contributed by atoms with Crippen molar-refractivity contribution in [3.05, 3.63) is 0 Å². The third kappa shape index (κ3) is 18.1. The Morgan fingerprint density at radius 3 is 1.06 bits per heavy atom. The molecule has 0 aromatic heterocycles. The molecule has 0 saturated heterocycles. The fourth-order valence-corrected chi connectivity index (χ4v) is 1.61. The molecular formula is C12H22O4Zn. The average Bonchev–Trinajstić information content (AvgIpc) is 2.20. The van der Waals surface area contributed by atoms with Crippen LogP contribution in [-0.2, 0) is 29.1 Å². The first-order valence-corrected chi connectivity index (χ1v) is 6.06. The number of carbonyl (C=O) groups is 2. The van der Waals surface area contributed by atoms with Gasteiger partial charge in [0.05, 0.1) is 0 Å². The second-order valence-corrected chi connectivity index (χ2v) is 4.12. The molecule has 4 nitrogen and oxygen atoms in total. The number of hydrogen-bond acceptors (Lipinski definition) is 2. The van der Waals surface area contributed by atoms with Gasteiger partial charge in [-0.15, -0.1) is 0 Å². The van der Waals surface area contributed by atoms with Crippen LogP contribution in [0.1, 0.15) is 64.2 Å². The topological polar surface area (TPSA) is 74.6 Å². The zero-order valence-corrected chi connectivity index (χ0v) is 13.5. The molecule has 0 aliphatic carbocycles. The van der Waals surface area contributed by atoms with Crippen molar-refractivity contribution in [1.29, 1.82) is 0 Å². The Labute approximate surface area is 116 Å². The monoisotopic (exact) mass is 294 g/mol. The normalized spacial score (nSPS) is 9.65. The minimum absolute atomic E-state index is 0. The fraction of sp³-hybridized carbons (Fsp3) is 0.833. The van der Waals surface area contributed by atoms with Crippen molar-refractivity contribution < 1.29 is 39.3 Å². The minimum atomic E-state index is -0.714. The Morgan fingerprint density at radius 1 is 0.588 bits per heavy atom. The van der Waals surface area contributed by atoms with Gasteiger partial charge in [-0.3, -0.25) is 9.59 Å². The van der Waals surface area contributed by atoms with Gasteiger partial charge in [0.1, 0.15) is 0 Å². The summed E-state index contributed by atoms with van der Waals surface area (Å²) in [4.78, 5) is 20.4. The van der Waals surface area contributed by atoms with Crippen LogP contribution in [0, 0.1) is 0 Å². The van der Waals surface area contributed by atoms with Crippen molar-refractivity contribution >= 4 is 11.9 Å². The van der Waals surface area contributed by atoms with Crippen LogP contribution in [0.3, 0.4) is 0 Å². The Morgan fingerprint density at radius 2 is 0.824 bits per heavy atom. The van der Waals surface area contributed by atoms with Gasteiger partial charge in [0.25, 0.3) is 0 Å². The molecule has 17 heavy (non-hydrogen) atoms. The second-order valence-electron chi connectivity index (χ2n) is 4.12. The number of aliphatic carboxylic acids is 2. The molecule has 0 radical (unpaired) electrons. The molecule has 0 fully saturated rings. The van der Waals surface area contributed by atoms with E-state index < -0.39 is 11.9 Å². The summed E-state index contributed by atoms with van der Waals surface area (Å²) < 4.78 is 0. The molecule has 0 spiro atoms. The molecule has 0 bridgehead atoms. The molecule has 2 N–H and O–H groups in total. The average molecular weight is 296 g/mol. The van der Waals surface area contributed by atoms with E-state index in [1.54, 1.807) is 0 Å². The zero-order valence-electron chi connectivity index (χ0n) is 10.5. The molecule has 0 aromatic rings. The summed E-state index contributed by atoms with van der Waals surface area (Å²) in [6.07, 6.45) is 8.51. The van der Waals surface area contributed by atoms with E-state index in [9.17, 15) is 9.59 Å². The molecular weight excluding hydrogens is 274 g/mol. The summed E-state index contributed by atoms with van der Waals surface area (Å²) in [5.41, 5.74) is 0. The molecule has 0 heterocycles. The zero-order chi connectivity index (χ0) is 12.2. The maximum absolute atomic E-state index is 10.2. The van der Waals surface area contributed by atoms with Gasteiger partial charge in [-0.25, -0.2) is 0 Å². The van der Waals surface area contributed by atoms with Crippen LogP contribution in [-0.4, -0.2) is 22.2 Å². The van der Waals surface area contributed by atoms with E-state index in [2.05, 4.69) is 0 Å². The molecule has 0 aliphatic heterocycles. The summed E-state index contributed by atoms with van der Waals surface area (Å²) in [6, 6.07) is 0. The molecule has 0 atom stereocenters. The van der Waals surface area contributed by atoms with Crippen molar-refractivity contribution in [3.63, 3.8) is 0 Å². The van der Waals surface area contributed by atoms with Gasteiger partial charge in [0.15, 0.2) is 0 Å². The first-order chi connectivity index (χ1) is 7.63. The molecule has 0 aromatic carbocycles. The molecule has 96 valence electrons. The maximum Gasteiger partial charge on any atom is 0.303 e. The minimum Gasteiger partial charge on any atom is -0.481 e. The Hall–Kier alpha value is -0.437. The van der Waals surface area contributed by atoms with Crippen molar-refractivity contribution in [2.75, 3.05) is 0 Å². The second kappa shape index (κ2) is 13.6. The predicted molar refractivity (Wildman–Crippen MR) is 61.4 cm³/mol. The third-order valence-corrected chi connectivity index (χ3v) is 2.53. The fourth-order valence-electron chi connectivity index (χ4n) is 1.61. The van der Waals surface area contributed by atoms with Gasteiger partial charge in [0.2, 0.25) is 0 Å². The first kappa shape index (κ1) is 18.9. The van der Waals surface area contributed by atoms with Crippen LogP contribution < -0.4 is 0 Å². The van der Waals surface area contributed by atoms with Gasteiger partial charge in [-0.2, -0.15) is 0 Å². The van der Waals surface area contributed by atoms with Crippen LogP contribution in [0.5, 0.6) is 0 Å². The van der Waals surface area contributed by atoms with E-state index in [1.807, 2.05) is 0 Å². The van der Waals surface area contributed by atoms with Crippen LogP contribution in [0.15, 0.2) is 0 Å². The van der Waals surface area contributed by atoms with Gasteiger partial charge in [-0.05, 0) is 12.8 Å². The standard InChI is InChI=1S/C12H22O4.Zn/c13-11(14)9-7-5-3-1-2-4-6-8-10-12(15)16;/h1-10H2,(H,13,14)(H,15,16);. The van der Waals surface area contributed by atoms with Crippen LogP contribution in [0.25, 0.3) is 0 Å². The van der Waals surface area contributed by atoms with Crippen molar-refractivity contribution in [2.45, 2.75) is 64.2 Å². The number of unbranched alkanes of at least 4 members (excludes halogenated alkanes) is 7. The molecule has 0 rings (SSSR count). The van der Waals surface area contributed by atoms with Crippen molar-refractivity contribution in [1.82, 2.24) is 0 Å². The summed E-state index contributed by atoms with van der Waals surface area (Å²) in [5, 5.41) is 16.8. The molecule has 0 amide bonds. The Balaban J connectivity index is 0. The van der Waals surface area contributed by atoms with Gasteiger partial charge >= 0.3 is 11.9 Å². The number of hydrogen-bond donors (Lipinski definition) is 2. The van der Waals surface area contributed by atoms with E-state index in [4.69, 9.17) is 10.2 Å². The van der Waals surface area contributed by atoms with Crippen LogP contribution in [0.4, 0.5) is 0 Å². The molecule has 0 saturated carbocycles. The summed E-state index contributed by atoms with van der Waals surface area (Å²) in [7, 11) is 0. The van der Waals surface area contributed by atoms with Gasteiger partial charge < -0.3 is 10.2 Å². The number of carboxylic acids is 2.